The van der Waals surface area contributed by atoms with Gasteiger partial charge >= 0.3 is 5.97 Å². The first-order chi connectivity index (χ1) is 5.11. The second-order valence-electron chi connectivity index (χ2n) is 1.79. The number of aromatic nitrogens is 1. The van der Waals surface area contributed by atoms with Crippen molar-refractivity contribution in [2.75, 3.05) is 0 Å². The van der Waals surface area contributed by atoms with E-state index in [0.717, 1.165) is 6.07 Å². The Hall–Kier alpha value is -1.40. The highest BCUT2D eigenvalue weighted by Crippen LogP contribution is 2.09. The van der Waals surface area contributed by atoms with E-state index in [1.165, 1.54) is 0 Å². The maximum absolute atomic E-state index is 10.1. The van der Waals surface area contributed by atoms with Gasteiger partial charge in [0.2, 0.25) is 5.76 Å². The van der Waals surface area contributed by atoms with E-state index in [2.05, 4.69) is 9.68 Å². The Balaban J connectivity index is 2.90. The molecule has 0 spiro atoms. The molecule has 0 fully saturated rings. The molecule has 0 saturated carbocycles. The first kappa shape index (κ1) is 7.70. The Labute approximate surface area is 60.7 Å². The number of carboxylic acid groups (broad SMARTS) is 1. The summed E-state index contributed by atoms with van der Waals surface area (Å²) in [6.07, 6.45) is -1.80. The zero-order valence-corrected chi connectivity index (χ0v) is 5.26. The maximum Gasteiger partial charge on any atom is 0.374 e. The van der Waals surface area contributed by atoms with Crippen LogP contribution < -0.4 is 0 Å². The lowest BCUT2D eigenvalue weighted by Crippen LogP contribution is -1.95. The van der Waals surface area contributed by atoms with Gasteiger partial charge in [0.25, 0.3) is 0 Å². The van der Waals surface area contributed by atoms with E-state index < -0.39 is 18.0 Å². The van der Waals surface area contributed by atoms with Crippen molar-refractivity contribution in [2.45, 2.75) is 6.29 Å². The zero-order chi connectivity index (χ0) is 8.43. The predicted octanol–water partition coefficient (Wildman–Crippen LogP) is -0.644. The largest absolute Gasteiger partial charge is 0.475 e. The molecule has 60 valence electrons. The molecule has 1 rings (SSSR count). The fraction of sp³-hybridized carbons (Fsp3) is 0.200. The highest BCUT2D eigenvalue weighted by Gasteiger charge is 2.14. The Kier molecular flexibility index (Phi) is 1.88. The number of rotatable bonds is 2. The molecule has 0 aliphatic carbocycles. The van der Waals surface area contributed by atoms with Crippen LogP contribution in [0.15, 0.2) is 10.6 Å². The third-order valence-electron chi connectivity index (χ3n) is 1.00. The Bertz CT molecular complexity index is 266. The highest BCUT2D eigenvalue weighted by molar-refractivity contribution is 5.84. The number of aliphatic hydroxyl groups excluding tert-OH is 1. The summed E-state index contributed by atoms with van der Waals surface area (Å²) in [5.74, 6) is -1.72. The zero-order valence-electron chi connectivity index (χ0n) is 5.26. The van der Waals surface area contributed by atoms with Gasteiger partial charge in [0, 0.05) is 6.07 Å². The van der Waals surface area contributed by atoms with Gasteiger partial charge in [-0.25, -0.2) is 4.79 Å². The Morgan fingerprint density at radius 3 is 2.55 bits per heavy atom. The van der Waals surface area contributed by atoms with Crippen molar-refractivity contribution in [3.05, 3.63) is 17.5 Å². The highest BCUT2D eigenvalue weighted by atomic mass is 16.5. The standard InChI is InChI=1S/C5H5NO5/c7-4(8)2-1-3(5(9)10)11-6-2/h1,4,7-8H,(H,9,10). The lowest BCUT2D eigenvalue weighted by molar-refractivity contribution is -0.0477. The quantitative estimate of drug-likeness (QED) is 0.495. The molecule has 0 aliphatic rings. The van der Waals surface area contributed by atoms with Crippen molar-refractivity contribution < 1.29 is 24.6 Å². The number of carboxylic acids is 1. The fourth-order valence-electron chi connectivity index (χ4n) is 0.511. The molecule has 0 bridgehead atoms. The van der Waals surface area contributed by atoms with Crippen LogP contribution in [0, 0.1) is 0 Å². The average molecular weight is 159 g/mol. The molecule has 6 nitrogen and oxygen atoms in total. The minimum absolute atomic E-state index is 0.220. The minimum Gasteiger partial charge on any atom is -0.475 e. The topological polar surface area (TPSA) is 104 Å². The van der Waals surface area contributed by atoms with Gasteiger partial charge in [0.1, 0.15) is 5.69 Å². The molecular formula is C5H5NO5. The van der Waals surface area contributed by atoms with E-state index in [0.29, 0.717) is 0 Å². The van der Waals surface area contributed by atoms with Gasteiger partial charge in [-0.3, -0.25) is 0 Å². The van der Waals surface area contributed by atoms with E-state index in [-0.39, 0.29) is 5.69 Å². The summed E-state index contributed by atoms with van der Waals surface area (Å²) in [6, 6.07) is 0.937. The lowest BCUT2D eigenvalue weighted by atomic mass is 10.3. The van der Waals surface area contributed by atoms with Crippen LogP contribution in [0.4, 0.5) is 0 Å². The van der Waals surface area contributed by atoms with E-state index in [1.54, 1.807) is 0 Å². The minimum atomic E-state index is -1.80. The summed E-state index contributed by atoms with van der Waals surface area (Å²) in [5, 5.41) is 28.3. The number of aromatic carboxylic acids is 1. The molecule has 0 radical (unpaired) electrons. The van der Waals surface area contributed by atoms with Crippen molar-refractivity contribution in [3.63, 3.8) is 0 Å². The van der Waals surface area contributed by atoms with Gasteiger partial charge in [0.15, 0.2) is 6.29 Å². The molecular weight excluding hydrogens is 154 g/mol. The summed E-state index contributed by atoms with van der Waals surface area (Å²) >= 11 is 0. The van der Waals surface area contributed by atoms with E-state index in [4.69, 9.17) is 15.3 Å². The first-order valence-electron chi connectivity index (χ1n) is 2.67. The van der Waals surface area contributed by atoms with Crippen LogP contribution in [-0.2, 0) is 0 Å². The molecule has 0 unspecified atom stereocenters. The second kappa shape index (κ2) is 2.69. The molecule has 0 aliphatic heterocycles. The summed E-state index contributed by atoms with van der Waals surface area (Å²) < 4.78 is 4.22. The van der Waals surface area contributed by atoms with Gasteiger partial charge in [-0.2, -0.15) is 0 Å². The van der Waals surface area contributed by atoms with Crippen LogP contribution in [0.5, 0.6) is 0 Å². The van der Waals surface area contributed by atoms with Crippen LogP contribution in [0.3, 0.4) is 0 Å². The summed E-state index contributed by atoms with van der Waals surface area (Å²) in [7, 11) is 0. The summed E-state index contributed by atoms with van der Waals surface area (Å²) in [6.45, 7) is 0. The van der Waals surface area contributed by atoms with Gasteiger partial charge < -0.3 is 19.8 Å². The van der Waals surface area contributed by atoms with Crippen molar-refractivity contribution in [1.82, 2.24) is 5.16 Å². The molecule has 11 heavy (non-hydrogen) atoms. The van der Waals surface area contributed by atoms with E-state index >= 15 is 0 Å². The van der Waals surface area contributed by atoms with Crippen LogP contribution in [0.25, 0.3) is 0 Å². The Morgan fingerprint density at radius 1 is 1.64 bits per heavy atom. The van der Waals surface area contributed by atoms with Gasteiger partial charge in [-0.15, -0.1) is 0 Å². The monoisotopic (exact) mass is 159 g/mol. The van der Waals surface area contributed by atoms with Crippen molar-refractivity contribution in [1.29, 1.82) is 0 Å². The normalized spacial score (nSPS) is 10.5. The molecule has 0 amide bonds. The summed E-state index contributed by atoms with van der Waals surface area (Å²) in [5.41, 5.74) is -0.220. The van der Waals surface area contributed by atoms with Crippen LogP contribution in [-0.4, -0.2) is 26.4 Å². The molecule has 0 atom stereocenters. The summed E-state index contributed by atoms with van der Waals surface area (Å²) in [4.78, 5) is 10.1. The molecule has 3 N–H and O–H groups in total. The number of hydrogen-bond donors (Lipinski definition) is 3. The number of carbonyl (C=O) groups is 1. The smallest absolute Gasteiger partial charge is 0.374 e. The van der Waals surface area contributed by atoms with E-state index in [9.17, 15) is 4.79 Å². The number of hydrogen-bond acceptors (Lipinski definition) is 5. The second-order valence-corrected chi connectivity index (χ2v) is 1.79. The first-order valence-corrected chi connectivity index (χ1v) is 2.67. The number of nitrogens with zero attached hydrogens (tertiary/aromatic N) is 1. The van der Waals surface area contributed by atoms with Gasteiger partial charge in [-0.1, -0.05) is 5.16 Å². The fourth-order valence-corrected chi connectivity index (χ4v) is 0.511. The Morgan fingerprint density at radius 2 is 2.27 bits per heavy atom. The molecule has 1 heterocycles. The van der Waals surface area contributed by atoms with Gasteiger partial charge in [0.05, 0.1) is 0 Å². The van der Waals surface area contributed by atoms with Crippen LogP contribution in [0.1, 0.15) is 22.5 Å². The van der Waals surface area contributed by atoms with E-state index in [1.807, 2.05) is 0 Å². The average Bonchev–Trinajstić information content (AvgIpc) is 2.33. The molecule has 1 aromatic rings. The third kappa shape index (κ3) is 1.54. The molecule has 0 saturated heterocycles. The van der Waals surface area contributed by atoms with Crippen molar-refractivity contribution in [2.24, 2.45) is 0 Å². The molecule has 6 heteroatoms. The number of aliphatic hydroxyl groups is 2. The molecule has 0 aromatic carbocycles. The third-order valence-corrected chi connectivity index (χ3v) is 1.00. The van der Waals surface area contributed by atoms with Gasteiger partial charge in [-0.05, 0) is 0 Å². The molecule has 1 aromatic heterocycles. The van der Waals surface area contributed by atoms with Crippen molar-refractivity contribution >= 4 is 5.97 Å². The van der Waals surface area contributed by atoms with Crippen LogP contribution in [0.2, 0.25) is 0 Å². The predicted molar refractivity (Wildman–Crippen MR) is 30.6 cm³/mol. The lowest BCUT2D eigenvalue weighted by Gasteiger charge is -1.91. The van der Waals surface area contributed by atoms with Crippen LogP contribution >= 0.6 is 0 Å². The maximum atomic E-state index is 10.1. The van der Waals surface area contributed by atoms with Crippen molar-refractivity contribution in [3.8, 4) is 0 Å². The SMILES string of the molecule is O=C(O)c1cc(C(O)O)no1.